The Morgan fingerprint density at radius 1 is 1.35 bits per heavy atom. The molecule has 3 heterocycles. The van der Waals surface area contributed by atoms with E-state index < -0.39 is 0 Å². The van der Waals surface area contributed by atoms with Crippen molar-refractivity contribution >= 4 is 11.3 Å². The van der Waals surface area contributed by atoms with Crippen LogP contribution >= 0.6 is 11.3 Å². The zero-order valence-electron chi connectivity index (χ0n) is 13.2. The summed E-state index contributed by atoms with van der Waals surface area (Å²) in [5.41, 5.74) is 1.33. The van der Waals surface area contributed by atoms with Crippen LogP contribution in [0.25, 0.3) is 0 Å². The van der Waals surface area contributed by atoms with E-state index in [1.807, 2.05) is 11.3 Å². The van der Waals surface area contributed by atoms with Gasteiger partial charge in [-0.25, -0.2) is 4.98 Å². The number of thiazole rings is 1. The summed E-state index contributed by atoms with van der Waals surface area (Å²) in [4.78, 5) is 8.97. The molecule has 0 aromatic carbocycles. The topological polar surface area (TPSA) is 28.2 Å². The molecule has 2 unspecified atom stereocenters. The molecular weight excluding hydrogens is 266 g/mol. The fraction of sp³-hybridized carbons (Fsp3) is 0.812. The fourth-order valence-electron chi connectivity index (χ4n) is 3.88. The van der Waals surface area contributed by atoms with E-state index in [0.717, 1.165) is 6.04 Å². The van der Waals surface area contributed by atoms with Crippen molar-refractivity contribution in [3.05, 3.63) is 15.6 Å². The number of aromatic nitrogens is 1. The Kier molecular flexibility index (Phi) is 3.91. The van der Waals surface area contributed by atoms with Crippen molar-refractivity contribution in [1.29, 1.82) is 0 Å². The largest absolute Gasteiger partial charge is 0.303 e. The molecule has 4 heteroatoms. The van der Waals surface area contributed by atoms with E-state index in [-0.39, 0.29) is 5.54 Å². The highest BCUT2D eigenvalue weighted by atomic mass is 32.1. The van der Waals surface area contributed by atoms with E-state index in [2.05, 4.69) is 37.9 Å². The van der Waals surface area contributed by atoms with Crippen LogP contribution in [-0.2, 0) is 5.54 Å². The van der Waals surface area contributed by atoms with E-state index >= 15 is 0 Å². The lowest BCUT2D eigenvalue weighted by Gasteiger charge is -2.44. The Morgan fingerprint density at radius 3 is 2.80 bits per heavy atom. The van der Waals surface area contributed by atoms with E-state index in [1.54, 1.807) is 0 Å². The van der Waals surface area contributed by atoms with Gasteiger partial charge in [-0.05, 0) is 59.9 Å². The third-order valence-corrected chi connectivity index (χ3v) is 6.19. The summed E-state index contributed by atoms with van der Waals surface area (Å²) >= 11 is 1.90. The Labute approximate surface area is 126 Å². The highest BCUT2D eigenvalue weighted by Gasteiger charge is 2.44. The number of hydrogen-bond acceptors (Lipinski definition) is 4. The highest BCUT2D eigenvalue weighted by molar-refractivity contribution is 7.11. The first-order valence-electron chi connectivity index (χ1n) is 7.96. The van der Waals surface area contributed by atoms with Crippen LogP contribution in [0.4, 0.5) is 0 Å². The Balaban J connectivity index is 1.92. The molecule has 1 N–H and O–H groups in total. The van der Waals surface area contributed by atoms with E-state index in [9.17, 15) is 0 Å². The van der Waals surface area contributed by atoms with Crippen LogP contribution in [0.3, 0.4) is 0 Å². The van der Waals surface area contributed by atoms with Crippen LogP contribution in [0.2, 0.25) is 0 Å². The molecule has 0 saturated carbocycles. The molecule has 2 fully saturated rings. The zero-order chi connectivity index (χ0) is 14.3. The van der Waals surface area contributed by atoms with E-state index in [1.165, 1.54) is 54.4 Å². The maximum atomic E-state index is 4.91. The lowest BCUT2D eigenvalue weighted by atomic mass is 9.83. The first-order chi connectivity index (χ1) is 9.50. The molecule has 1 aromatic heterocycles. The summed E-state index contributed by atoms with van der Waals surface area (Å²) < 4.78 is 0. The van der Waals surface area contributed by atoms with E-state index in [0.29, 0.717) is 6.04 Å². The van der Waals surface area contributed by atoms with Gasteiger partial charge in [0.1, 0.15) is 5.01 Å². The van der Waals surface area contributed by atoms with Crippen LogP contribution in [0, 0.1) is 13.8 Å². The van der Waals surface area contributed by atoms with Gasteiger partial charge in [-0.1, -0.05) is 0 Å². The Hall–Kier alpha value is -0.450. The summed E-state index contributed by atoms with van der Waals surface area (Å²) in [6.07, 6.45) is 5.18. The second kappa shape index (κ2) is 5.39. The zero-order valence-corrected chi connectivity index (χ0v) is 14.0. The van der Waals surface area contributed by atoms with Crippen LogP contribution in [0.15, 0.2) is 0 Å². The van der Waals surface area contributed by atoms with Crippen LogP contribution in [0.5, 0.6) is 0 Å². The number of aryl methyl sites for hydroxylation is 2. The average molecular weight is 293 g/mol. The number of piperidine rings is 1. The molecular formula is C16H27N3S. The van der Waals surface area contributed by atoms with Crippen molar-refractivity contribution < 1.29 is 0 Å². The van der Waals surface area contributed by atoms with Gasteiger partial charge in [0.15, 0.2) is 0 Å². The minimum absolute atomic E-state index is 0.114. The second-order valence-electron chi connectivity index (χ2n) is 6.83. The average Bonchev–Trinajstić information content (AvgIpc) is 2.96. The molecule has 0 radical (unpaired) electrons. The van der Waals surface area contributed by atoms with Crippen LogP contribution in [0.1, 0.15) is 55.1 Å². The SMILES string of the molecule is Cc1nc(C2(NC(C)C)CCN3CCCC3C2)sc1C. The van der Waals surface area contributed by atoms with Crippen LogP contribution < -0.4 is 5.32 Å². The van der Waals surface area contributed by atoms with Gasteiger partial charge in [-0.3, -0.25) is 0 Å². The van der Waals surface area contributed by atoms with E-state index in [4.69, 9.17) is 4.98 Å². The Bertz CT molecular complexity index is 463. The molecule has 20 heavy (non-hydrogen) atoms. The molecule has 2 aliphatic rings. The maximum Gasteiger partial charge on any atom is 0.113 e. The molecule has 0 bridgehead atoms. The van der Waals surface area contributed by atoms with Crippen molar-refractivity contribution in [3.8, 4) is 0 Å². The monoisotopic (exact) mass is 293 g/mol. The van der Waals surface area contributed by atoms with Crippen LogP contribution in [-0.4, -0.2) is 35.1 Å². The lowest BCUT2D eigenvalue weighted by Crippen LogP contribution is -2.55. The summed E-state index contributed by atoms with van der Waals surface area (Å²) in [5, 5.41) is 5.21. The summed E-state index contributed by atoms with van der Waals surface area (Å²) in [5.74, 6) is 0. The van der Waals surface area contributed by atoms with Crippen molar-refractivity contribution in [2.75, 3.05) is 13.1 Å². The molecule has 0 aliphatic carbocycles. The number of fused-ring (bicyclic) bond motifs is 1. The van der Waals surface area contributed by atoms with Crippen molar-refractivity contribution in [1.82, 2.24) is 15.2 Å². The number of rotatable bonds is 3. The third kappa shape index (κ3) is 2.53. The number of hydrogen-bond donors (Lipinski definition) is 1. The minimum atomic E-state index is 0.114. The summed E-state index contributed by atoms with van der Waals surface area (Å²) in [7, 11) is 0. The van der Waals surface area contributed by atoms with Gasteiger partial charge in [-0.15, -0.1) is 11.3 Å². The molecule has 3 nitrogen and oxygen atoms in total. The van der Waals surface area contributed by atoms with Crippen molar-refractivity contribution in [2.24, 2.45) is 0 Å². The molecule has 0 spiro atoms. The Morgan fingerprint density at radius 2 is 2.15 bits per heavy atom. The molecule has 112 valence electrons. The van der Waals surface area contributed by atoms with Gasteiger partial charge in [-0.2, -0.15) is 0 Å². The smallest absolute Gasteiger partial charge is 0.113 e. The van der Waals surface area contributed by atoms with Crippen molar-refractivity contribution in [3.63, 3.8) is 0 Å². The highest BCUT2D eigenvalue weighted by Crippen LogP contribution is 2.41. The predicted octanol–water partition coefficient (Wildman–Crippen LogP) is 3.21. The molecule has 2 aliphatic heterocycles. The van der Waals surface area contributed by atoms with Gasteiger partial charge < -0.3 is 10.2 Å². The first-order valence-corrected chi connectivity index (χ1v) is 8.78. The summed E-state index contributed by atoms with van der Waals surface area (Å²) in [6, 6.07) is 1.27. The molecule has 3 rings (SSSR count). The van der Waals surface area contributed by atoms with Crippen molar-refractivity contribution in [2.45, 2.75) is 71.0 Å². The van der Waals surface area contributed by atoms with Gasteiger partial charge in [0.25, 0.3) is 0 Å². The number of nitrogens with zero attached hydrogens (tertiary/aromatic N) is 2. The summed E-state index contributed by atoms with van der Waals surface area (Å²) in [6.45, 7) is 11.4. The molecule has 2 saturated heterocycles. The standard InChI is InChI=1S/C16H27N3S/c1-11(2)18-16(15-17-12(3)13(4)20-15)7-9-19-8-5-6-14(19)10-16/h11,14,18H,5-10H2,1-4H3. The maximum absolute atomic E-state index is 4.91. The lowest BCUT2D eigenvalue weighted by molar-refractivity contribution is 0.0986. The number of nitrogens with one attached hydrogen (secondary N) is 1. The molecule has 2 atom stereocenters. The molecule has 0 amide bonds. The normalized spacial score (nSPS) is 30.9. The first kappa shape index (κ1) is 14.5. The van der Waals surface area contributed by atoms with Gasteiger partial charge in [0.2, 0.25) is 0 Å². The quantitative estimate of drug-likeness (QED) is 0.927. The molecule has 1 aromatic rings. The van der Waals surface area contributed by atoms with Gasteiger partial charge in [0.05, 0.1) is 11.2 Å². The fourth-order valence-corrected chi connectivity index (χ4v) is 4.98. The third-order valence-electron chi connectivity index (χ3n) is 4.91. The second-order valence-corrected chi connectivity index (χ2v) is 8.03. The van der Waals surface area contributed by atoms with Gasteiger partial charge in [0, 0.05) is 23.5 Å². The minimum Gasteiger partial charge on any atom is -0.303 e. The van der Waals surface area contributed by atoms with Gasteiger partial charge >= 0.3 is 0 Å². The predicted molar refractivity (Wildman–Crippen MR) is 85.4 cm³/mol.